The van der Waals surface area contributed by atoms with Gasteiger partial charge in [0, 0.05) is 18.1 Å². The summed E-state index contributed by atoms with van der Waals surface area (Å²) in [6.45, 7) is 2.52. The summed E-state index contributed by atoms with van der Waals surface area (Å²) in [7, 11) is 0. The van der Waals surface area contributed by atoms with Gasteiger partial charge in [0.2, 0.25) is 0 Å². The van der Waals surface area contributed by atoms with Gasteiger partial charge >= 0.3 is 5.69 Å². The molecule has 10 heteroatoms. The smallest absolute Gasteiger partial charge is 0.352 e. The van der Waals surface area contributed by atoms with Crippen LogP contribution in [0.4, 0.5) is 0 Å². The van der Waals surface area contributed by atoms with Crippen molar-refractivity contribution < 1.29 is 4.42 Å². The first kappa shape index (κ1) is 22.6. The number of tetrazole rings is 1. The number of aryl methyl sites for hydroxylation is 1. The van der Waals surface area contributed by atoms with Crippen LogP contribution in [-0.2, 0) is 13.0 Å². The average Bonchev–Trinajstić information content (AvgIpc) is 3.72. The Bertz CT molecular complexity index is 1700. The van der Waals surface area contributed by atoms with E-state index in [2.05, 4.69) is 32.6 Å². The summed E-state index contributed by atoms with van der Waals surface area (Å²) in [4.78, 5) is 18.3. The molecule has 0 aliphatic rings. The Morgan fingerprint density at radius 2 is 1.84 bits per heavy atom. The Kier molecular flexibility index (Phi) is 5.89. The summed E-state index contributed by atoms with van der Waals surface area (Å²) in [6, 6.07) is 21.5. The summed E-state index contributed by atoms with van der Waals surface area (Å²) < 4.78 is 8.53. The van der Waals surface area contributed by atoms with Crippen LogP contribution in [0.2, 0.25) is 0 Å². The van der Waals surface area contributed by atoms with Gasteiger partial charge in [0.1, 0.15) is 11.5 Å². The topological polar surface area (TPSA) is 120 Å². The van der Waals surface area contributed by atoms with Gasteiger partial charge in [-0.25, -0.2) is 14.9 Å². The number of unbranched alkanes of at least 4 members (excludes halogenated alkanes) is 1. The standard InChI is InChI=1S/C27H24N8O2/c1-2-3-10-24-28-25-16-22(23-9-6-15-37-23)31-35(25)27(36)34(24)17-18-11-13-19(14-12-18)20-7-4-5-8-21(20)26-29-32-33-30-26/h4-9,11-16H,2-3,10,17H2,1H3,(H,29,30,32,33). The summed E-state index contributed by atoms with van der Waals surface area (Å²) in [6.07, 6.45) is 4.24. The first-order valence-electron chi connectivity index (χ1n) is 12.2. The molecule has 0 saturated heterocycles. The molecular formula is C27H24N8O2. The fraction of sp³-hybridized carbons (Fsp3) is 0.185. The third-order valence-corrected chi connectivity index (χ3v) is 6.32. The second-order valence-electron chi connectivity index (χ2n) is 8.77. The normalized spacial score (nSPS) is 11.4. The fourth-order valence-electron chi connectivity index (χ4n) is 4.43. The third-order valence-electron chi connectivity index (χ3n) is 6.32. The Morgan fingerprint density at radius 1 is 1.00 bits per heavy atom. The zero-order chi connectivity index (χ0) is 25.2. The van der Waals surface area contributed by atoms with Crippen LogP contribution >= 0.6 is 0 Å². The molecule has 6 rings (SSSR count). The molecule has 0 bridgehead atoms. The fourth-order valence-corrected chi connectivity index (χ4v) is 4.43. The SMILES string of the molecule is CCCCc1nc2cc(-c3ccco3)nn2c(=O)n1Cc1ccc(-c2ccccc2-c2nnn[nH]2)cc1. The molecule has 2 aromatic carbocycles. The van der Waals surface area contributed by atoms with Crippen molar-refractivity contribution in [2.45, 2.75) is 32.7 Å². The van der Waals surface area contributed by atoms with E-state index in [0.717, 1.165) is 40.9 Å². The highest BCUT2D eigenvalue weighted by atomic mass is 16.3. The molecule has 0 saturated carbocycles. The van der Waals surface area contributed by atoms with E-state index in [0.29, 0.717) is 35.9 Å². The third kappa shape index (κ3) is 4.33. The van der Waals surface area contributed by atoms with Crippen LogP contribution in [-0.4, -0.2) is 39.8 Å². The summed E-state index contributed by atoms with van der Waals surface area (Å²) in [5.41, 5.74) is 4.82. The second-order valence-corrected chi connectivity index (χ2v) is 8.77. The maximum absolute atomic E-state index is 13.5. The van der Waals surface area contributed by atoms with Crippen molar-refractivity contribution in [1.82, 2.24) is 39.8 Å². The van der Waals surface area contributed by atoms with Gasteiger partial charge in [-0.15, -0.1) is 5.10 Å². The highest BCUT2D eigenvalue weighted by Gasteiger charge is 2.16. The monoisotopic (exact) mass is 492 g/mol. The van der Waals surface area contributed by atoms with Crippen molar-refractivity contribution in [1.29, 1.82) is 0 Å². The number of rotatable bonds is 8. The molecule has 0 aliphatic carbocycles. The van der Waals surface area contributed by atoms with Gasteiger partial charge in [-0.3, -0.25) is 4.57 Å². The lowest BCUT2D eigenvalue weighted by Gasteiger charge is -2.13. The minimum Gasteiger partial charge on any atom is -0.463 e. The Hall–Kier alpha value is -4.86. The molecule has 6 aromatic rings. The quantitative estimate of drug-likeness (QED) is 0.335. The van der Waals surface area contributed by atoms with Gasteiger partial charge < -0.3 is 4.42 Å². The maximum atomic E-state index is 13.5. The molecule has 0 spiro atoms. The zero-order valence-electron chi connectivity index (χ0n) is 20.2. The summed E-state index contributed by atoms with van der Waals surface area (Å²) in [5.74, 6) is 1.96. The predicted octanol–water partition coefficient (Wildman–Crippen LogP) is 4.39. The van der Waals surface area contributed by atoms with E-state index in [1.807, 2.05) is 54.6 Å². The minimum atomic E-state index is -0.221. The van der Waals surface area contributed by atoms with Crippen LogP contribution < -0.4 is 5.69 Å². The van der Waals surface area contributed by atoms with E-state index in [1.54, 1.807) is 23.0 Å². The van der Waals surface area contributed by atoms with Gasteiger partial charge in [0.15, 0.2) is 17.2 Å². The number of fused-ring (bicyclic) bond motifs is 1. The molecule has 184 valence electrons. The molecule has 0 aliphatic heterocycles. The number of nitrogens with one attached hydrogen (secondary N) is 1. The Balaban J connectivity index is 1.36. The molecule has 0 fully saturated rings. The van der Waals surface area contributed by atoms with E-state index in [-0.39, 0.29) is 5.69 Å². The summed E-state index contributed by atoms with van der Waals surface area (Å²) >= 11 is 0. The Labute approximate surface area is 211 Å². The van der Waals surface area contributed by atoms with Gasteiger partial charge in [0.25, 0.3) is 0 Å². The van der Waals surface area contributed by atoms with Crippen LogP contribution in [0.1, 0.15) is 31.2 Å². The molecule has 4 aromatic heterocycles. The number of H-pyrrole nitrogens is 1. The highest BCUT2D eigenvalue weighted by molar-refractivity contribution is 5.80. The van der Waals surface area contributed by atoms with Crippen molar-refractivity contribution in [2.24, 2.45) is 0 Å². The van der Waals surface area contributed by atoms with Gasteiger partial charge in [-0.2, -0.15) is 9.61 Å². The average molecular weight is 493 g/mol. The number of hydrogen-bond acceptors (Lipinski definition) is 7. The van der Waals surface area contributed by atoms with Crippen molar-refractivity contribution >= 4 is 5.65 Å². The molecule has 0 atom stereocenters. The van der Waals surface area contributed by atoms with Crippen molar-refractivity contribution in [2.75, 3.05) is 0 Å². The van der Waals surface area contributed by atoms with Crippen LogP contribution in [0.25, 0.3) is 39.6 Å². The molecule has 0 amide bonds. The van der Waals surface area contributed by atoms with Crippen molar-refractivity contribution in [3.05, 3.63) is 94.9 Å². The lowest BCUT2D eigenvalue weighted by Crippen LogP contribution is -2.31. The molecular weight excluding hydrogens is 468 g/mol. The number of furan rings is 1. The maximum Gasteiger partial charge on any atom is 0.352 e. The number of nitrogens with zero attached hydrogens (tertiary/aromatic N) is 7. The van der Waals surface area contributed by atoms with Gasteiger partial charge in [-0.1, -0.05) is 61.9 Å². The van der Waals surface area contributed by atoms with Crippen LogP contribution in [0.5, 0.6) is 0 Å². The molecule has 1 N–H and O–H groups in total. The van der Waals surface area contributed by atoms with E-state index >= 15 is 0 Å². The molecule has 4 heterocycles. The zero-order valence-corrected chi connectivity index (χ0v) is 20.2. The lowest BCUT2D eigenvalue weighted by molar-refractivity contribution is 0.576. The number of hydrogen-bond donors (Lipinski definition) is 1. The van der Waals surface area contributed by atoms with E-state index in [9.17, 15) is 4.79 Å². The van der Waals surface area contributed by atoms with Crippen LogP contribution in [0.3, 0.4) is 0 Å². The van der Waals surface area contributed by atoms with Gasteiger partial charge in [0.05, 0.1) is 12.8 Å². The minimum absolute atomic E-state index is 0.221. The molecule has 0 unspecified atom stereocenters. The molecule has 37 heavy (non-hydrogen) atoms. The summed E-state index contributed by atoms with van der Waals surface area (Å²) in [5, 5.41) is 18.8. The van der Waals surface area contributed by atoms with Crippen molar-refractivity contribution in [3.63, 3.8) is 0 Å². The van der Waals surface area contributed by atoms with E-state index < -0.39 is 0 Å². The lowest BCUT2D eigenvalue weighted by atomic mass is 9.98. The first-order chi connectivity index (χ1) is 18.2. The number of aromatic nitrogens is 8. The largest absolute Gasteiger partial charge is 0.463 e. The van der Waals surface area contributed by atoms with E-state index in [4.69, 9.17) is 9.40 Å². The predicted molar refractivity (Wildman–Crippen MR) is 138 cm³/mol. The highest BCUT2D eigenvalue weighted by Crippen LogP contribution is 2.30. The Morgan fingerprint density at radius 3 is 2.57 bits per heavy atom. The van der Waals surface area contributed by atoms with E-state index in [1.165, 1.54) is 4.52 Å². The number of benzene rings is 2. The van der Waals surface area contributed by atoms with Crippen molar-refractivity contribution in [3.8, 4) is 34.0 Å². The van der Waals surface area contributed by atoms with Crippen LogP contribution in [0, 0.1) is 0 Å². The first-order valence-corrected chi connectivity index (χ1v) is 12.2. The van der Waals surface area contributed by atoms with Gasteiger partial charge in [-0.05, 0) is 45.7 Å². The second kappa shape index (κ2) is 9.65. The van der Waals surface area contributed by atoms with Crippen LogP contribution in [0.15, 0.2) is 82.2 Å². The molecule has 0 radical (unpaired) electrons. The molecule has 10 nitrogen and oxygen atoms in total. The number of aromatic amines is 1.